The average molecular weight is 325 g/mol. The average Bonchev–Trinajstić information content (AvgIpc) is 2.63. The van der Waals surface area contributed by atoms with Crippen molar-refractivity contribution in [1.82, 2.24) is 5.32 Å². The van der Waals surface area contributed by atoms with Crippen LogP contribution in [0, 0.1) is 0 Å². The maximum absolute atomic E-state index is 11.7. The van der Waals surface area contributed by atoms with Crippen molar-refractivity contribution in [3.63, 3.8) is 0 Å². The van der Waals surface area contributed by atoms with Crippen LogP contribution in [0.2, 0.25) is 0 Å². The van der Waals surface area contributed by atoms with E-state index in [1.54, 1.807) is 20.0 Å². The first kappa shape index (κ1) is 19.6. The lowest BCUT2D eigenvalue weighted by Gasteiger charge is -2.17. The van der Waals surface area contributed by atoms with Gasteiger partial charge in [0.05, 0.1) is 0 Å². The van der Waals surface area contributed by atoms with Crippen molar-refractivity contribution in [2.45, 2.75) is 40.0 Å². The van der Waals surface area contributed by atoms with E-state index in [1.807, 2.05) is 24.3 Å². The number of amides is 1. The summed E-state index contributed by atoms with van der Waals surface area (Å²) in [7, 11) is 1.58. The zero-order valence-electron chi connectivity index (χ0n) is 15.2. The number of carbonyl (C=O) groups excluding carboxylic acids is 2. The van der Waals surface area contributed by atoms with Gasteiger partial charge in [0.2, 0.25) is 5.91 Å². The molecule has 3 heteroatoms. The molecule has 24 heavy (non-hydrogen) atoms. The highest BCUT2D eigenvalue weighted by Gasteiger charge is 2.13. The molecule has 1 atom stereocenters. The number of hydrogen-bond donors (Lipinski definition) is 1. The molecule has 0 saturated heterocycles. The number of aldehydes is 1. The van der Waals surface area contributed by atoms with Crippen molar-refractivity contribution in [1.29, 1.82) is 0 Å². The third-order valence-corrected chi connectivity index (χ3v) is 4.22. The zero-order valence-corrected chi connectivity index (χ0v) is 15.2. The van der Waals surface area contributed by atoms with Crippen LogP contribution >= 0.6 is 0 Å². The standard InChI is InChI=1S/C21H27NO2/c1-6-15(2)20(17(4)19-10-8-7-9-11-19)13-18(14-23)12-16(3)21(24)22-5/h7-14,17H,6H2,1-5H3,(H,22,24)/b16-12+,18-13+,20-15-. The molecule has 0 aliphatic carbocycles. The van der Waals surface area contributed by atoms with Gasteiger partial charge in [-0.25, -0.2) is 0 Å². The number of hydrogen-bond acceptors (Lipinski definition) is 2. The Morgan fingerprint density at radius 2 is 1.79 bits per heavy atom. The van der Waals surface area contributed by atoms with Crippen molar-refractivity contribution >= 4 is 12.2 Å². The minimum atomic E-state index is -0.184. The van der Waals surface area contributed by atoms with Crippen LogP contribution in [0.25, 0.3) is 0 Å². The molecule has 0 radical (unpaired) electrons. The van der Waals surface area contributed by atoms with E-state index in [0.717, 1.165) is 18.3 Å². The minimum absolute atomic E-state index is 0.176. The van der Waals surface area contributed by atoms with Gasteiger partial charge in [-0.3, -0.25) is 9.59 Å². The summed E-state index contributed by atoms with van der Waals surface area (Å²) in [5, 5.41) is 2.57. The van der Waals surface area contributed by atoms with Gasteiger partial charge in [-0.2, -0.15) is 0 Å². The van der Waals surface area contributed by atoms with Gasteiger partial charge in [0, 0.05) is 24.1 Å². The fraction of sp³-hybridized carbons (Fsp3) is 0.333. The molecule has 0 heterocycles. The third-order valence-electron chi connectivity index (χ3n) is 4.22. The van der Waals surface area contributed by atoms with Gasteiger partial charge >= 0.3 is 0 Å². The van der Waals surface area contributed by atoms with E-state index in [-0.39, 0.29) is 11.8 Å². The van der Waals surface area contributed by atoms with Crippen LogP contribution in [0.3, 0.4) is 0 Å². The predicted octanol–water partition coefficient (Wildman–Crippen LogP) is 4.33. The summed E-state index contributed by atoms with van der Waals surface area (Å²) >= 11 is 0. The van der Waals surface area contributed by atoms with Crippen LogP contribution in [0.15, 0.2) is 64.8 Å². The highest BCUT2D eigenvalue weighted by Crippen LogP contribution is 2.29. The van der Waals surface area contributed by atoms with Crippen molar-refractivity contribution in [2.75, 3.05) is 7.05 Å². The number of allylic oxidation sites excluding steroid dienone is 5. The quantitative estimate of drug-likeness (QED) is 0.460. The summed E-state index contributed by atoms with van der Waals surface area (Å²) in [5.41, 5.74) is 4.57. The highest BCUT2D eigenvalue weighted by atomic mass is 16.1. The Hall–Kier alpha value is -2.42. The molecule has 0 aliphatic rings. The molecule has 1 aromatic carbocycles. The van der Waals surface area contributed by atoms with Crippen molar-refractivity contribution in [3.05, 3.63) is 70.3 Å². The van der Waals surface area contributed by atoms with E-state index in [4.69, 9.17) is 0 Å². The van der Waals surface area contributed by atoms with Gasteiger partial charge in [-0.15, -0.1) is 0 Å². The molecular weight excluding hydrogens is 298 g/mol. The summed E-state index contributed by atoms with van der Waals surface area (Å²) in [4.78, 5) is 23.1. The summed E-state index contributed by atoms with van der Waals surface area (Å²) in [6.45, 7) is 8.03. The summed E-state index contributed by atoms with van der Waals surface area (Å²) in [6, 6.07) is 10.2. The molecule has 0 spiro atoms. The van der Waals surface area contributed by atoms with Crippen molar-refractivity contribution < 1.29 is 9.59 Å². The summed E-state index contributed by atoms with van der Waals surface area (Å²) in [5.74, 6) is -0.00795. The second-order valence-electron chi connectivity index (χ2n) is 5.89. The number of carbonyl (C=O) groups is 2. The molecule has 128 valence electrons. The van der Waals surface area contributed by atoms with E-state index in [9.17, 15) is 9.59 Å². The lowest BCUT2D eigenvalue weighted by molar-refractivity contribution is -0.117. The van der Waals surface area contributed by atoms with Crippen molar-refractivity contribution in [3.8, 4) is 0 Å². The van der Waals surface area contributed by atoms with Crippen LogP contribution in [0.4, 0.5) is 0 Å². The first-order valence-corrected chi connectivity index (χ1v) is 8.26. The topological polar surface area (TPSA) is 46.2 Å². The van der Waals surface area contributed by atoms with Gasteiger partial charge in [0.15, 0.2) is 0 Å². The molecule has 1 N–H and O–H groups in total. The SMILES string of the molecule is CC/C(C)=C(/C=C(C=O)\C=C(/C)C(=O)NC)C(C)c1ccccc1. The van der Waals surface area contributed by atoms with Crippen LogP contribution in [-0.2, 0) is 9.59 Å². The lowest BCUT2D eigenvalue weighted by Crippen LogP contribution is -2.18. The molecule has 1 rings (SSSR count). The molecule has 3 nitrogen and oxygen atoms in total. The van der Waals surface area contributed by atoms with E-state index in [1.165, 1.54) is 11.1 Å². The van der Waals surface area contributed by atoms with E-state index >= 15 is 0 Å². The Labute approximate surface area is 145 Å². The monoisotopic (exact) mass is 325 g/mol. The normalized spacial score (nSPS) is 14.7. The second kappa shape index (κ2) is 9.66. The van der Waals surface area contributed by atoms with Gasteiger partial charge in [-0.1, -0.05) is 49.8 Å². The Bertz CT molecular complexity index is 666. The third kappa shape index (κ3) is 5.34. The zero-order chi connectivity index (χ0) is 18.1. The maximum atomic E-state index is 11.7. The summed E-state index contributed by atoms with van der Waals surface area (Å²) < 4.78 is 0. The van der Waals surface area contributed by atoms with E-state index < -0.39 is 0 Å². The molecule has 0 bridgehead atoms. The molecule has 0 aliphatic heterocycles. The Morgan fingerprint density at radius 3 is 2.29 bits per heavy atom. The van der Waals surface area contributed by atoms with Gasteiger partial charge in [-0.05, 0) is 43.6 Å². The van der Waals surface area contributed by atoms with Crippen LogP contribution < -0.4 is 5.32 Å². The maximum Gasteiger partial charge on any atom is 0.246 e. The minimum Gasteiger partial charge on any atom is -0.355 e. The fourth-order valence-electron chi connectivity index (χ4n) is 2.55. The van der Waals surface area contributed by atoms with Gasteiger partial charge < -0.3 is 5.32 Å². The smallest absolute Gasteiger partial charge is 0.246 e. The summed E-state index contributed by atoms with van der Waals surface area (Å²) in [6.07, 6.45) is 5.24. The Morgan fingerprint density at radius 1 is 1.17 bits per heavy atom. The molecule has 1 amide bonds. The molecule has 0 saturated carbocycles. The fourth-order valence-corrected chi connectivity index (χ4v) is 2.55. The van der Waals surface area contributed by atoms with Crippen LogP contribution in [-0.4, -0.2) is 19.2 Å². The van der Waals surface area contributed by atoms with Crippen LogP contribution in [0.5, 0.6) is 0 Å². The molecule has 1 aromatic rings. The highest BCUT2D eigenvalue weighted by molar-refractivity contribution is 5.95. The van der Waals surface area contributed by atoms with E-state index in [0.29, 0.717) is 11.1 Å². The number of nitrogens with one attached hydrogen (secondary N) is 1. The number of likely N-dealkylation sites (N-methyl/N-ethyl adjacent to an activating group) is 1. The van der Waals surface area contributed by atoms with Gasteiger partial charge in [0.1, 0.15) is 6.29 Å². The van der Waals surface area contributed by atoms with E-state index in [2.05, 4.69) is 38.2 Å². The predicted molar refractivity (Wildman–Crippen MR) is 99.8 cm³/mol. The van der Waals surface area contributed by atoms with Gasteiger partial charge in [0.25, 0.3) is 0 Å². The Kier molecular flexibility index (Phi) is 7.90. The number of benzene rings is 1. The largest absolute Gasteiger partial charge is 0.355 e. The first-order valence-electron chi connectivity index (χ1n) is 8.26. The lowest BCUT2D eigenvalue weighted by atomic mass is 9.87. The first-order chi connectivity index (χ1) is 11.4. The number of rotatable bonds is 7. The molecule has 0 fully saturated rings. The van der Waals surface area contributed by atoms with Crippen molar-refractivity contribution in [2.24, 2.45) is 0 Å². The second-order valence-corrected chi connectivity index (χ2v) is 5.89. The van der Waals surface area contributed by atoms with Crippen LogP contribution in [0.1, 0.15) is 45.6 Å². The molecule has 0 aromatic heterocycles. The Balaban J connectivity index is 3.31. The molecule has 1 unspecified atom stereocenters. The molecular formula is C21H27NO2.